The number of carbonyl (C=O) groups is 3. The van der Waals surface area contributed by atoms with Crippen molar-refractivity contribution in [1.29, 1.82) is 0 Å². The smallest absolute Gasteiger partial charge is 0.334 e. The molecule has 0 unspecified atom stereocenters. The molecule has 5 nitrogen and oxygen atoms in total. The van der Waals surface area contributed by atoms with Crippen molar-refractivity contribution in [2.24, 2.45) is 45.3 Å². The molecule has 4 saturated carbocycles. The molecule has 1 saturated heterocycles. The lowest BCUT2D eigenvalue weighted by molar-refractivity contribution is -0.158. The molecule has 5 aliphatic rings. The third-order valence-electron chi connectivity index (χ3n) is 12.4. The molecule has 1 spiro atoms. The zero-order valence-electron chi connectivity index (χ0n) is 22.9. The maximum Gasteiger partial charge on any atom is 0.334 e. The fourth-order valence-corrected chi connectivity index (χ4v) is 10.4. The number of rotatable bonds is 8. The number of carbonyl (C=O) groups excluding carboxylic acids is 3. The van der Waals surface area contributed by atoms with Gasteiger partial charge in [0.25, 0.3) is 0 Å². The van der Waals surface area contributed by atoms with Crippen molar-refractivity contribution in [2.75, 3.05) is 7.11 Å². The topological polar surface area (TPSA) is 69.7 Å². The number of allylic oxidation sites excluding steroid dienone is 2. The second-order valence-corrected chi connectivity index (χ2v) is 13.4. The van der Waals surface area contributed by atoms with Gasteiger partial charge in [-0.1, -0.05) is 33.4 Å². The van der Waals surface area contributed by atoms with E-state index in [9.17, 15) is 14.4 Å². The van der Waals surface area contributed by atoms with Crippen molar-refractivity contribution >= 4 is 18.2 Å². The lowest BCUT2D eigenvalue weighted by Crippen LogP contribution is -2.56. The zero-order valence-corrected chi connectivity index (χ0v) is 22.9. The van der Waals surface area contributed by atoms with Crippen molar-refractivity contribution in [3.05, 3.63) is 23.8 Å². The molecule has 5 heteroatoms. The first kappa shape index (κ1) is 25.7. The van der Waals surface area contributed by atoms with Crippen molar-refractivity contribution < 1.29 is 23.9 Å². The van der Waals surface area contributed by atoms with Gasteiger partial charge in [-0.05, 0) is 110 Å². The van der Waals surface area contributed by atoms with E-state index in [1.54, 1.807) is 0 Å². The molecule has 1 aliphatic heterocycles. The van der Waals surface area contributed by atoms with E-state index in [-0.39, 0.29) is 45.6 Å². The summed E-state index contributed by atoms with van der Waals surface area (Å²) in [5, 5.41) is 0. The second kappa shape index (κ2) is 8.56. The Morgan fingerprint density at radius 3 is 2.69 bits per heavy atom. The van der Waals surface area contributed by atoms with E-state index in [0.717, 1.165) is 44.0 Å². The summed E-state index contributed by atoms with van der Waals surface area (Å²) >= 11 is 0. The summed E-state index contributed by atoms with van der Waals surface area (Å²) in [5.74, 6) is 1.41. The molecule has 5 rings (SSSR count). The second-order valence-electron chi connectivity index (χ2n) is 13.4. The molecule has 4 aliphatic carbocycles. The van der Waals surface area contributed by atoms with Crippen LogP contribution in [0.4, 0.5) is 0 Å². The Labute approximate surface area is 216 Å². The number of aldehydes is 1. The predicted molar refractivity (Wildman–Crippen MR) is 138 cm³/mol. The molecule has 0 aromatic carbocycles. The van der Waals surface area contributed by atoms with Gasteiger partial charge in [-0.3, -0.25) is 9.59 Å². The van der Waals surface area contributed by atoms with Crippen LogP contribution in [-0.4, -0.2) is 31.4 Å². The summed E-state index contributed by atoms with van der Waals surface area (Å²) in [6.45, 7) is 13.6. The minimum absolute atomic E-state index is 0.0443. The van der Waals surface area contributed by atoms with Crippen LogP contribution in [0.15, 0.2) is 23.8 Å². The Morgan fingerprint density at radius 1 is 1.25 bits per heavy atom. The van der Waals surface area contributed by atoms with Gasteiger partial charge in [-0.25, -0.2) is 4.79 Å². The molecule has 0 radical (unpaired) electrons. The van der Waals surface area contributed by atoms with Gasteiger partial charge in [-0.15, -0.1) is 0 Å². The average Bonchev–Trinajstić information content (AvgIpc) is 3.31. The summed E-state index contributed by atoms with van der Waals surface area (Å²) in [4.78, 5) is 35.9. The van der Waals surface area contributed by atoms with Crippen molar-refractivity contribution in [2.45, 2.75) is 98.0 Å². The molecule has 5 fully saturated rings. The first-order chi connectivity index (χ1) is 17.0. The lowest BCUT2D eigenvalue weighted by Gasteiger charge is -2.61. The van der Waals surface area contributed by atoms with Crippen LogP contribution in [0.25, 0.3) is 0 Å². The Kier molecular flexibility index (Phi) is 6.12. The van der Waals surface area contributed by atoms with Crippen LogP contribution < -0.4 is 0 Å². The SMILES string of the molecule is C=C1C(=O)O[C@@H]2C[C@@H]3[C@]4(CC[C@]5(C)[C@@H]([C@H](C)CC/C=C(/C)C=O)CC[C@@]35C)C[C@]4(CCC(=O)OC)[C@H]12. The minimum atomic E-state index is -0.229. The third-order valence-corrected chi connectivity index (χ3v) is 12.4. The van der Waals surface area contributed by atoms with Crippen molar-refractivity contribution in [1.82, 2.24) is 0 Å². The number of ether oxygens (including phenoxy) is 2. The predicted octanol–water partition coefficient (Wildman–Crippen LogP) is 6.21. The van der Waals surface area contributed by atoms with Crippen LogP contribution >= 0.6 is 0 Å². The fraction of sp³-hybridized carbons (Fsp3) is 0.774. The zero-order chi connectivity index (χ0) is 26.1. The molecular formula is C31H44O5. The van der Waals surface area contributed by atoms with Gasteiger partial charge >= 0.3 is 11.9 Å². The summed E-state index contributed by atoms with van der Waals surface area (Å²) in [7, 11) is 1.46. The quantitative estimate of drug-likeness (QED) is 0.227. The van der Waals surface area contributed by atoms with Crippen molar-refractivity contribution in [3.63, 3.8) is 0 Å². The van der Waals surface area contributed by atoms with Gasteiger partial charge in [-0.2, -0.15) is 0 Å². The van der Waals surface area contributed by atoms with E-state index >= 15 is 0 Å². The van der Waals surface area contributed by atoms with Gasteiger partial charge in [0.15, 0.2) is 0 Å². The molecule has 36 heavy (non-hydrogen) atoms. The molecular weight excluding hydrogens is 452 g/mol. The standard InChI is InChI=1S/C31H44O5/c1-19(17-32)8-7-9-20(2)22-10-12-29(5)24-16-23-26(21(3)27(34)36-23)31(13-11-25(33)35-6)18-30(24,31)15-14-28(22,29)4/h8,17,20,22-24,26H,3,7,9-16,18H2,1-2,4-6H3/b19-8-/t20-,22-,23-,24+,26-,28-,29+,30+,31-/m1/s1. The number of methoxy groups -OCH3 is 1. The number of hydrogen-bond donors (Lipinski definition) is 0. The molecule has 9 atom stereocenters. The normalized spacial score (nSPS) is 45.6. The van der Waals surface area contributed by atoms with E-state index in [2.05, 4.69) is 33.4 Å². The van der Waals surface area contributed by atoms with Gasteiger partial charge < -0.3 is 9.47 Å². The molecule has 0 aromatic heterocycles. The first-order valence-corrected chi connectivity index (χ1v) is 14.1. The van der Waals surface area contributed by atoms with E-state index in [0.29, 0.717) is 29.7 Å². The minimum Gasteiger partial charge on any atom is -0.469 e. The van der Waals surface area contributed by atoms with E-state index in [4.69, 9.17) is 9.47 Å². The Bertz CT molecular complexity index is 1010. The Morgan fingerprint density at radius 2 is 2.00 bits per heavy atom. The van der Waals surface area contributed by atoms with Crippen LogP contribution in [0.1, 0.15) is 91.9 Å². The molecule has 0 bridgehead atoms. The number of hydrogen-bond acceptors (Lipinski definition) is 5. The molecule has 0 N–H and O–H groups in total. The van der Waals surface area contributed by atoms with Crippen LogP contribution in [0.2, 0.25) is 0 Å². The maximum absolute atomic E-state index is 12.7. The summed E-state index contributed by atoms with van der Waals surface area (Å²) in [6, 6.07) is 0. The molecule has 198 valence electrons. The third kappa shape index (κ3) is 3.29. The van der Waals surface area contributed by atoms with Gasteiger partial charge in [0.05, 0.1) is 7.11 Å². The lowest BCUT2D eigenvalue weighted by atomic mass is 9.43. The average molecular weight is 497 g/mol. The highest BCUT2D eigenvalue weighted by molar-refractivity contribution is 5.91. The van der Waals surface area contributed by atoms with Crippen LogP contribution in [0, 0.1) is 45.3 Å². The molecule has 0 aromatic rings. The summed E-state index contributed by atoms with van der Waals surface area (Å²) in [5.41, 5.74) is 2.00. The van der Waals surface area contributed by atoms with E-state index in [1.165, 1.54) is 32.8 Å². The molecule has 0 amide bonds. The monoisotopic (exact) mass is 496 g/mol. The van der Waals surface area contributed by atoms with Crippen LogP contribution in [-0.2, 0) is 23.9 Å². The highest BCUT2D eigenvalue weighted by atomic mass is 16.6. The summed E-state index contributed by atoms with van der Waals surface area (Å²) in [6.07, 6.45) is 13.0. The fourth-order valence-electron chi connectivity index (χ4n) is 10.4. The highest BCUT2D eigenvalue weighted by Crippen LogP contribution is 2.88. The Balaban J connectivity index is 1.44. The molecule has 1 heterocycles. The Hall–Kier alpha value is -1.91. The number of esters is 2. The van der Waals surface area contributed by atoms with Gasteiger partial charge in [0, 0.05) is 17.9 Å². The highest BCUT2D eigenvalue weighted by Gasteiger charge is 2.83. The first-order valence-electron chi connectivity index (χ1n) is 14.1. The van der Waals surface area contributed by atoms with Crippen molar-refractivity contribution in [3.8, 4) is 0 Å². The maximum atomic E-state index is 12.7. The van der Waals surface area contributed by atoms with Crippen LogP contribution in [0.5, 0.6) is 0 Å². The largest absolute Gasteiger partial charge is 0.469 e. The number of fused-ring (bicyclic) bond motifs is 4. The van der Waals surface area contributed by atoms with Crippen LogP contribution in [0.3, 0.4) is 0 Å². The van der Waals surface area contributed by atoms with E-state index in [1.807, 2.05) is 6.92 Å². The van der Waals surface area contributed by atoms with Gasteiger partial charge in [0.1, 0.15) is 12.4 Å². The summed E-state index contributed by atoms with van der Waals surface area (Å²) < 4.78 is 11.0. The van der Waals surface area contributed by atoms with E-state index < -0.39 is 0 Å². The van der Waals surface area contributed by atoms with Gasteiger partial charge in [0.2, 0.25) is 0 Å².